The molecule has 2 aromatic carbocycles. The number of piperidine rings is 1. The van der Waals surface area contributed by atoms with Gasteiger partial charge in [0, 0.05) is 50.2 Å². The maximum Gasteiger partial charge on any atom is 0.265 e. The van der Waals surface area contributed by atoms with E-state index in [1.807, 2.05) is 44.2 Å². The van der Waals surface area contributed by atoms with Crippen molar-refractivity contribution in [2.45, 2.75) is 38.7 Å². The summed E-state index contributed by atoms with van der Waals surface area (Å²) in [5.74, 6) is 0.174. The lowest BCUT2D eigenvalue weighted by Crippen LogP contribution is -2.51. The van der Waals surface area contributed by atoms with Crippen LogP contribution in [0.25, 0.3) is 22.0 Å². The molecule has 0 saturated carbocycles. The monoisotopic (exact) mass is 501 g/mol. The molecule has 0 aliphatic carbocycles. The molecule has 2 aliphatic rings. The van der Waals surface area contributed by atoms with Gasteiger partial charge >= 0.3 is 0 Å². The second-order valence-corrected chi connectivity index (χ2v) is 10.5. The molecule has 0 radical (unpaired) electrons. The predicted molar refractivity (Wildman–Crippen MR) is 144 cm³/mol. The number of fused-ring (bicyclic) bond motifs is 2. The van der Waals surface area contributed by atoms with Gasteiger partial charge in [0.15, 0.2) is 11.5 Å². The number of hydrogen-bond acceptors (Lipinski definition) is 7. The minimum Gasteiger partial charge on any atom is -0.440 e. The van der Waals surface area contributed by atoms with E-state index >= 15 is 0 Å². The topological polar surface area (TPSA) is 118 Å². The first-order valence-electron chi connectivity index (χ1n) is 12.7. The molecule has 2 saturated heterocycles. The number of aromatic nitrogens is 2. The number of aliphatic hydroxyl groups is 1. The van der Waals surface area contributed by atoms with Crippen LogP contribution in [-0.4, -0.2) is 52.8 Å². The van der Waals surface area contributed by atoms with Gasteiger partial charge < -0.3 is 29.6 Å². The van der Waals surface area contributed by atoms with E-state index in [9.17, 15) is 14.7 Å². The molecule has 0 unspecified atom stereocenters. The zero-order valence-electron chi connectivity index (χ0n) is 21.3. The van der Waals surface area contributed by atoms with Crippen LogP contribution >= 0.6 is 0 Å². The third-order valence-corrected chi connectivity index (χ3v) is 7.86. The van der Waals surface area contributed by atoms with Crippen LogP contribution in [0.3, 0.4) is 0 Å². The first-order valence-corrected chi connectivity index (χ1v) is 12.7. The number of nitrogens with zero attached hydrogens (tertiary/aromatic N) is 4. The van der Waals surface area contributed by atoms with Crippen LogP contribution in [0.2, 0.25) is 0 Å². The highest BCUT2D eigenvalue weighted by Crippen LogP contribution is 2.38. The Morgan fingerprint density at radius 3 is 2.51 bits per heavy atom. The SMILES string of the molecule is Cc1ccc2oc(C3CCN(c4c(C(N)=O)c(=O)n(C)c5cc(N6CC(O)C6)c(C)cc45)CC3)nc2c1. The van der Waals surface area contributed by atoms with Gasteiger partial charge in [0.1, 0.15) is 11.1 Å². The van der Waals surface area contributed by atoms with Gasteiger partial charge in [-0.15, -0.1) is 0 Å². The van der Waals surface area contributed by atoms with Crippen molar-refractivity contribution in [3.8, 4) is 0 Å². The van der Waals surface area contributed by atoms with Crippen LogP contribution in [0.5, 0.6) is 0 Å². The Labute approximate surface area is 214 Å². The molecule has 4 aromatic rings. The average molecular weight is 502 g/mol. The standard InChI is InChI=1S/C28H31N5O4/c1-15-4-5-23-20(10-15)30-27(37-23)17-6-8-32(9-7-17)25-19-11-16(2)21(33-13-18(34)14-33)12-22(19)31(3)28(36)24(25)26(29)35/h4-5,10-12,17-18,34H,6-9,13-14H2,1-3H3,(H2,29,35). The summed E-state index contributed by atoms with van der Waals surface area (Å²) >= 11 is 0. The number of benzene rings is 2. The molecule has 9 heteroatoms. The molecule has 2 aliphatic heterocycles. The quantitative estimate of drug-likeness (QED) is 0.441. The molecule has 6 rings (SSSR count). The van der Waals surface area contributed by atoms with Crippen molar-refractivity contribution >= 4 is 39.3 Å². The first kappa shape index (κ1) is 23.5. The molecular weight excluding hydrogens is 470 g/mol. The van der Waals surface area contributed by atoms with Gasteiger partial charge in [-0.3, -0.25) is 9.59 Å². The molecule has 2 aromatic heterocycles. The molecule has 37 heavy (non-hydrogen) atoms. The number of pyridine rings is 1. The molecule has 9 nitrogen and oxygen atoms in total. The summed E-state index contributed by atoms with van der Waals surface area (Å²) in [5.41, 5.74) is 11.6. The van der Waals surface area contributed by atoms with Gasteiger partial charge in [0.25, 0.3) is 11.5 Å². The second kappa shape index (κ2) is 8.62. The smallest absolute Gasteiger partial charge is 0.265 e. The minimum atomic E-state index is -0.721. The Bertz CT molecular complexity index is 1610. The number of oxazole rings is 1. The predicted octanol–water partition coefficient (Wildman–Crippen LogP) is 2.96. The summed E-state index contributed by atoms with van der Waals surface area (Å²) in [5, 5.41) is 10.6. The highest BCUT2D eigenvalue weighted by molar-refractivity contribution is 6.07. The number of carbonyl (C=O) groups excluding carboxylic acids is 1. The van der Waals surface area contributed by atoms with Crippen LogP contribution in [-0.2, 0) is 7.05 Å². The maximum absolute atomic E-state index is 13.4. The number of β-amino-alcohol motifs (C(OH)–C–C–N with tert-alkyl or cyclic N) is 1. The fourth-order valence-electron chi connectivity index (χ4n) is 5.79. The highest BCUT2D eigenvalue weighted by atomic mass is 16.3. The van der Waals surface area contributed by atoms with Gasteiger partial charge in [-0.05, 0) is 62.1 Å². The van der Waals surface area contributed by atoms with Gasteiger partial charge in [0.2, 0.25) is 0 Å². The zero-order chi connectivity index (χ0) is 26.0. The Balaban J connectivity index is 1.38. The van der Waals surface area contributed by atoms with E-state index in [4.69, 9.17) is 15.1 Å². The molecule has 0 atom stereocenters. The summed E-state index contributed by atoms with van der Waals surface area (Å²) in [7, 11) is 1.67. The number of anilines is 2. The number of rotatable bonds is 4. The van der Waals surface area contributed by atoms with Crippen molar-refractivity contribution in [3.63, 3.8) is 0 Å². The third-order valence-electron chi connectivity index (χ3n) is 7.86. The molecular formula is C28H31N5O4. The number of hydrogen-bond donors (Lipinski definition) is 2. The van der Waals surface area contributed by atoms with E-state index < -0.39 is 11.5 Å². The summed E-state index contributed by atoms with van der Waals surface area (Å²) in [4.78, 5) is 34.9. The van der Waals surface area contributed by atoms with E-state index in [-0.39, 0.29) is 17.6 Å². The summed E-state index contributed by atoms with van der Waals surface area (Å²) in [6, 6.07) is 10.0. The number of primary amides is 1. The van der Waals surface area contributed by atoms with E-state index in [1.165, 1.54) is 4.57 Å². The van der Waals surface area contributed by atoms with Crippen LogP contribution in [0, 0.1) is 13.8 Å². The molecule has 0 bridgehead atoms. The van der Waals surface area contributed by atoms with E-state index in [0.29, 0.717) is 31.9 Å². The van der Waals surface area contributed by atoms with Crippen LogP contribution in [0.4, 0.5) is 11.4 Å². The van der Waals surface area contributed by atoms with Crippen LogP contribution < -0.4 is 21.1 Å². The van der Waals surface area contributed by atoms with Crippen molar-refractivity contribution < 1.29 is 14.3 Å². The second-order valence-electron chi connectivity index (χ2n) is 10.5. The van der Waals surface area contributed by atoms with Crippen molar-refractivity contribution in [1.29, 1.82) is 0 Å². The lowest BCUT2D eigenvalue weighted by Gasteiger charge is -2.39. The van der Waals surface area contributed by atoms with E-state index in [1.54, 1.807) is 7.05 Å². The number of carbonyl (C=O) groups is 1. The molecule has 2 fully saturated rings. The molecule has 3 N–H and O–H groups in total. The van der Waals surface area contributed by atoms with E-state index in [0.717, 1.165) is 57.5 Å². The third kappa shape index (κ3) is 3.85. The maximum atomic E-state index is 13.4. The first-order chi connectivity index (χ1) is 17.7. The lowest BCUT2D eigenvalue weighted by molar-refractivity contribution is 0.0999. The Kier molecular flexibility index (Phi) is 5.49. The minimum absolute atomic E-state index is 0.0253. The molecule has 4 heterocycles. The summed E-state index contributed by atoms with van der Waals surface area (Å²) in [6.07, 6.45) is 1.23. The largest absolute Gasteiger partial charge is 0.440 e. The molecule has 0 spiro atoms. The normalized spacial score (nSPS) is 17.1. The number of amides is 1. The number of aliphatic hydroxyl groups excluding tert-OH is 1. The van der Waals surface area contributed by atoms with Crippen LogP contribution in [0.15, 0.2) is 39.5 Å². The Hall–Kier alpha value is -3.85. The van der Waals surface area contributed by atoms with Gasteiger partial charge in [-0.1, -0.05) is 6.07 Å². The lowest BCUT2D eigenvalue weighted by atomic mass is 9.94. The average Bonchev–Trinajstić information content (AvgIpc) is 3.27. The van der Waals surface area contributed by atoms with Gasteiger partial charge in [0.05, 0.1) is 17.3 Å². The summed E-state index contributed by atoms with van der Waals surface area (Å²) < 4.78 is 7.57. The molecule has 192 valence electrons. The highest BCUT2D eigenvalue weighted by Gasteiger charge is 2.31. The van der Waals surface area contributed by atoms with Gasteiger partial charge in [-0.25, -0.2) is 4.98 Å². The number of nitrogens with two attached hydrogens (primary N) is 1. The van der Waals surface area contributed by atoms with Crippen molar-refractivity contribution in [2.24, 2.45) is 12.8 Å². The van der Waals surface area contributed by atoms with Crippen molar-refractivity contribution in [2.75, 3.05) is 36.0 Å². The Morgan fingerprint density at radius 2 is 1.84 bits per heavy atom. The van der Waals surface area contributed by atoms with Crippen LogP contribution in [0.1, 0.15) is 46.1 Å². The fraction of sp³-hybridized carbons (Fsp3) is 0.393. The van der Waals surface area contributed by atoms with E-state index in [2.05, 4.69) is 9.80 Å². The fourth-order valence-corrected chi connectivity index (χ4v) is 5.79. The molecule has 1 amide bonds. The number of aryl methyl sites for hydroxylation is 3. The Morgan fingerprint density at radius 1 is 1.11 bits per heavy atom. The van der Waals surface area contributed by atoms with Crippen molar-refractivity contribution in [3.05, 3.63) is 63.3 Å². The zero-order valence-corrected chi connectivity index (χ0v) is 21.3. The van der Waals surface area contributed by atoms with Crippen molar-refractivity contribution in [1.82, 2.24) is 9.55 Å². The summed E-state index contributed by atoms with van der Waals surface area (Å²) in [6.45, 7) is 6.47. The van der Waals surface area contributed by atoms with Gasteiger partial charge in [-0.2, -0.15) is 0 Å².